The van der Waals surface area contributed by atoms with Crippen LogP contribution in [0.1, 0.15) is 25.0 Å². The van der Waals surface area contributed by atoms with E-state index in [1.165, 1.54) is 104 Å². The van der Waals surface area contributed by atoms with Crippen molar-refractivity contribution >= 4 is 54.1 Å². The summed E-state index contributed by atoms with van der Waals surface area (Å²) in [7, 11) is 0. The molecule has 9 aromatic carbocycles. The molecule has 1 aliphatic rings. The minimum Gasteiger partial charge on any atom is -0.309 e. The maximum atomic E-state index is 2.50. The monoisotopic (exact) mass is 661 g/mol. The first-order valence-corrected chi connectivity index (χ1v) is 18.3. The molecule has 52 heavy (non-hydrogen) atoms. The zero-order valence-corrected chi connectivity index (χ0v) is 29.2. The van der Waals surface area contributed by atoms with Crippen molar-refractivity contribution in [2.75, 3.05) is 0 Å². The SMILES string of the molecule is CC1(C)c2ccccc2-c2ccc(-n3c4ccccc4c4cc(-c5ccc(-c6cc7ccccc7c7ccccc67)cc5)c5ccccc5c43)cc21. The van der Waals surface area contributed by atoms with Gasteiger partial charge in [0.25, 0.3) is 0 Å². The highest BCUT2D eigenvalue weighted by Gasteiger charge is 2.35. The summed E-state index contributed by atoms with van der Waals surface area (Å²) in [6.07, 6.45) is 0. The van der Waals surface area contributed by atoms with Gasteiger partial charge in [-0.05, 0) is 102 Å². The van der Waals surface area contributed by atoms with E-state index in [0.29, 0.717) is 0 Å². The van der Waals surface area contributed by atoms with Crippen LogP contribution in [0.3, 0.4) is 0 Å². The first-order valence-electron chi connectivity index (χ1n) is 18.3. The Labute approximate surface area is 303 Å². The van der Waals surface area contributed by atoms with Crippen molar-refractivity contribution in [3.63, 3.8) is 0 Å². The van der Waals surface area contributed by atoms with Gasteiger partial charge in [-0.25, -0.2) is 0 Å². The van der Waals surface area contributed by atoms with E-state index in [0.717, 1.165) is 0 Å². The molecule has 1 aliphatic carbocycles. The average Bonchev–Trinajstić information content (AvgIpc) is 3.66. The Bertz CT molecular complexity index is 3080. The standard InChI is InChI=1S/C51H35N/c1-51(2)47-21-11-9-18-40(47)41-28-27-35(30-48(41)51)52-49-22-12-10-19-42(49)46-31-45(39-17-7-8-20-43(39)50(46)52)33-25-23-32(24-26-33)44-29-34-13-3-4-14-36(34)37-15-5-6-16-38(37)44/h3-31H,1-2H3. The van der Waals surface area contributed by atoms with Crippen LogP contribution in [0.2, 0.25) is 0 Å². The van der Waals surface area contributed by atoms with E-state index in [2.05, 4.69) is 194 Å². The summed E-state index contributed by atoms with van der Waals surface area (Å²) in [5, 5.41) is 10.2. The molecule has 244 valence electrons. The van der Waals surface area contributed by atoms with Crippen LogP contribution >= 0.6 is 0 Å². The summed E-state index contributed by atoms with van der Waals surface area (Å²) in [4.78, 5) is 0. The van der Waals surface area contributed by atoms with Crippen molar-refractivity contribution in [3.05, 3.63) is 187 Å². The lowest BCUT2D eigenvalue weighted by molar-refractivity contribution is 0.660. The zero-order chi connectivity index (χ0) is 34.6. The summed E-state index contributed by atoms with van der Waals surface area (Å²) >= 11 is 0. The van der Waals surface area contributed by atoms with Gasteiger partial charge in [-0.15, -0.1) is 0 Å². The molecule has 10 aromatic rings. The molecule has 1 nitrogen and oxygen atoms in total. The second-order valence-electron chi connectivity index (χ2n) is 14.9. The molecule has 0 radical (unpaired) electrons. The third kappa shape index (κ3) is 4.05. The minimum absolute atomic E-state index is 0.0682. The number of para-hydroxylation sites is 1. The third-order valence-electron chi connectivity index (χ3n) is 11.8. The average molecular weight is 662 g/mol. The molecule has 0 N–H and O–H groups in total. The number of nitrogens with zero attached hydrogens (tertiary/aromatic N) is 1. The largest absolute Gasteiger partial charge is 0.309 e. The van der Waals surface area contributed by atoms with Gasteiger partial charge in [-0.3, -0.25) is 0 Å². The number of aromatic nitrogens is 1. The maximum Gasteiger partial charge on any atom is 0.0619 e. The Kier molecular flexibility index (Phi) is 6.08. The Balaban J connectivity index is 1.11. The molecule has 0 atom stereocenters. The molecule has 1 heterocycles. The smallest absolute Gasteiger partial charge is 0.0619 e. The first kappa shape index (κ1) is 29.3. The van der Waals surface area contributed by atoms with Crippen LogP contribution in [0, 0.1) is 0 Å². The van der Waals surface area contributed by atoms with E-state index in [-0.39, 0.29) is 5.41 Å². The van der Waals surface area contributed by atoms with Crippen LogP contribution in [-0.2, 0) is 5.41 Å². The predicted molar refractivity (Wildman–Crippen MR) is 222 cm³/mol. The molecule has 1 aromatic heterocycles. The second-order valence-corrected chi connectivity index (χ2v) is 14.9. The Hall–Kier alpha value is -6.44. The fraction of sp³-hybridized carbons (Fsp3) is 0.0588. The normalized spacial score (nSPS) is 13.3. The van der Waals surface area contributed by atoms with Gasteiger partial charge in [0.05, 0.1) is 11.0 Å². The molecule has 0 saturated heterocycles. The highest BCUT2D eigenvalue weighted by molar-refractivity contribution is 6.22. The van der Waals surface area contributed by atoms with Crippen LogP contribution in [0.25, 0.3) is 93.2 Å². The van der Waals surface area contributed by atoms with Crippen LogP contribution in [-0.4, -0.2) is 4.57 Å². The number of hydrogen-bond acceptors (Lipinski definition) is 0. The molecule has 0 aliphatic heterocycles. The number of hydrogen-bond donors (Lipinski definition) is 0. The minimum atomic E-state index is -0.0682. The fourth-order valence-electron chi connectivity index (χ4n) is 9.28. The van der Waals surface area contributed by atoms with E-state index in [1.807, 2.05) is 0 Å². The molecule has 0 fully saturated rings. The lowest BCUT2D eigenvalue weighted by Gasteiger charge is -2.22. The van der Waals surface area contributed by atoms with Crippen molar-refractivity contribution in [2.45, 2.75) is 19.3 Å². The lowest BCUT2D eigenvalue weighted by Crippen LogP contribution is -2.15. The lowest BCUT2D eigenvalue weighted by atomic mass is 9.82. The van der Waals surface area contributed by atoms with E-state index < -0.39 is 0 Å². The Morgan fingerprint density at radius 2 is 0.923 bits per heavy atom. The van der Waals surface area contributed by atoms with Crippen LogP contribution in [0.15, 0.2) is 176 Å². The van der Waals surface area contributed by atoms with E-state index in [1.54, 1.807) is 0 Å². The van der Waals surface area contributed by atoms with Crippen molar-refractivity contribution in [1.82, 2.24) is 4.57 Å². The van der Waals surface area contributed by atoms with Gasteiger partial charge in [0.15, 0.2) is 0 Å². The van der Waals surface area contributed by atoms with Crippen molar-refractivity contribution in [2.24, 2.45) is 0 Å². The molecule has 0 spiro atoms. The van der Waals surface area contributed by atoms with Gasteiger partial charge >= 0.3 is 0 Å². The summed E-state index contributed by atoms with van der Waals surface area (Å²) in [6, 6.07) is 65.4. The topological polar surface area (TPSA) is 4.93 Å². The number of rotatable bonds is 3. The second kappa shape index (κ2) is 10.8. The fourth-order valence-corrected chi connectivity index (χ4v) is 9.28. The van der Waals surface area contributed by atoms with Gasteiger partial charge in [0.1, 0.15) is 0 Å². The summed E-state index contributed by atoms with van der Waals surface area (Å²) in [5.74, 6) is 0. The summed E-state index contributed by atoms with van der Waals surface area (Å²) < 4.78 is 2.50. The highest BCUT2D eigenvalue weighted by atomic mass is 15.0. The molecular formula is C51H35N. The zero-order valence-electron chi connectivity index (χ0n) is 29.2. The quantitative estimate of drug-likeness (QED) is 0.166. The highest BCUT2D eigenvalue weighted by Crippen LogP contribution is 2.50. The van der Waals surface area contributed by atoms with Crippen LogP contribution in [0.4, 0.5) is 0 Å². The molecular weight excluding hydrogens is 627 g/mol. The molecule has 0 saturated carbocycles. The van der Waals surface area contributed by atoms with Crippen LogP contribution in [0.5, 0.6) is 0 Å². The maximum absolute atomic E-state index is 2.50. The molecule has 11 rings (SSSR count). The van der Waals surface area contributed by atoms with Crippen LogP contribution < -0.4 is 0 Å². The van der Waals surface area contributed by atoms with E-state index in [4.69, 9.17) is 0 Å². The Morgan fingerprint density at radius 3 is 1.69 bits per heavy atom. The molecule has 0 unspecified atom stereocenters. The Morgan fingerprint density at radius 1 is 0.365 bits per heavy atom. The summed E-state index contributed by atoms with van der Waals surface area (Å²) in [5.41, 5.74) is 14.1. The van der Waals surface area contributed by atoms with E-state index in [9.17, 15) is 0 Å². The molecule has 0 amide bonds. The summed E-state index contributed by atoms with van der Waals surface area (Å²) in [6.45, 7) is 4.73. The van der Waals surface area contributed by atoms with E-state index >= 15 is 0 Å². The first-order chi connectivity index (χ1) is 25.6. The van der Waals surface area contributed by atoms with Gasteiger partial charge in [-0.1, -0.05) is 159 Å². The number of benzene rings is 9. The van der Waals surface area contributed by atoms with Crippen molar-refractivity contribution in [3.8, 4) is 39.1 Å². The predicted octanol–water partition coefficient (Wildman–Crippen LogP) is 13.9. The third-order valence-corrected chi connectivity index (χ3v) is 11.8. The van der Waals surface area contributed by atoms with Crippen molar-refractivity contribution < 1.29 is 0 Å². The van der Waals surface area contributed by atoms with Gasteiger partial charge < -0.3 is 4.57 Å². The van der Waals surface area contributed by atoms with Gasteiger partial charge in [0, 0.05) is 27.3 Å². The molecule has 0 bridgehead atoms. The number of fused-ring (bicyclic) bond motifs is 11. The molecule has 1 heteroatoms. The van der Waals surface area contributed by atoms with Gasteiger partial charge in [0.2, 0.25) is 0 Å². The van der Waals surface area contributed by atoms with Gasteiger partial charge in [-0.2, -0.15) is 0 Å². The van der Waals surface area contributed by atoms with Crippen molar-refractivity contribution in [1.29, 1.82) is 0 Å².